The monoisotopic (exact) mass is 287 g/mol. The van der Waals surface area contributed by atoms with Crippen molar-refractivity contribution in [1.82, 2.24) is 14.7 Å². The Morgan fingerprint density at radius 1 is 1.33 bits per heavy atom. The van der Waals surface area contributed by atoms with Crippen molar-refractivity contribution in [2.75, 3.05) is 20.2 Å². The lowest BCUT2D eigenvalue weighted by molar-refractivity contribution is -0.147. The number of hydrogen-bond acceptors (Lipinski definition) is 4. The molecular formula is C16H21N3O2. The Morgan fingerprint density at radius 2 is 2.05 bits per heavy atom. The molecule has 0 aliphatic carbocycles. The lowest BCUT2D eigenvalue weighted by Gasteiger charge is -2.30. The highest BCUT2D eigenvalue weighted by molar-refractivity contribution is 5.81. The van der Waals surface area contributed by atoms with E-state index in [-0.39, 0.29) is 11.9 Å². The van der Waals surface area contributed by atoms with Crippen LogP contribution in [0.3, 0.4) is 0 Å². The summed E-state index contributed by atoms with van der Waals surface area (Å²) in [5.74, 6) is -0.00957. The van der Waals surface area contributed by atoms with Gasteiger partial charge in [0.15, 0.2) is 0 Å². The smallest absolute Gasteiger partial charge is 0.308 e. The topological polar surface area (TPSA) is 47.4 Å². The van der Waals surface area contributed by atoms with Crippen LogP contribution in [0.5, 0.6) is 0 Å². The van der Waals surface area contributed by atoms with Crippen LogP contribution in [0.15, 0.2) is 24.3 Å². The molecular weight excluding hydrogens is 266 g/mol. The van der Waals surface area contributed by atoms with Crippen LogP contribution in [-0.2, 0) is 23.1 Å². The molecule has 0 radical (unpaired) electrons. The standard InChI is InChI=1S/C16H21N3O2/c1-18-15-6-4-3-5-13(15)14(17-18)11-19-9-7-12(8-10-19)16(20)21-2/h3-6,12H,7-11H2,1-2H3. The minimum absolute atomic E-state index is 0.0618. The largest absolute Gasteiger partial charge is 0.469 e. The molecule has 1 aromatic heterocycles. The van der Waals surface area contributed by atoms with Gasteiger partial charge in [-0.25, -0.2) is 0 Å². The van der Waals surface area contributed by atoms with E-state index in [0.717, 1.165) is 43.7 Å². The Hall–Kier alpha value is -1.88. The highest BCUT2D eigenvalue weighted by Crippen LogP contribution is 2.23. The first-order valence-corrected chi connectivity index (χ1v) is 7.40. The van der Waals surface area contributed by atoms with Crippen molar-refractivity contribution in [1.29, 1.82) is 0 Å². The van der Waals surface area contributed by atoms with E-state index < -0.39 is 0 Å². The van der Waals surface area contributed by atoms with Gasteiger partial charge in [-0.05, 0) is 32.0 Å². The summed E-state index contributed by atoms with van der Waals surface area (Å²) in [6.07, 6.45) is 1.74. The van der Waals surface area contributed by atoms with Gasteiger partial charge >= 0.3 is 5.97 Å². The molecule has 3 rings (SSSR count). The van der Waals surface area contributed by atoms with Crippen LogP contribution >= 0.6 is 0 Å². The minimum atomic E-state index is -0.0714. The summed E-state index contributed by atoms with van der Waals surface area (Å²) in [6, 6.07) is 8.31. The molecule has 1 aromatic carbocycles. The van der Waals surface area contributed by atoms with Crippen molar-refractivity contribution >= 4 is 16.9 Å². The fourth-order valence-electron chi connectivity index (χ4n) is 3.11. The third kappa shape index (κ3) is 2.78. The number of piperidine rings is 1. The van der Waals surface area contributed by atoms with Gasteiger partial charge in [-0.1, -0.05) is 18.2 Å². The van der Waals surface area contributed by atoms with E-state index in [1.54, 1.807) is 0 Å². The van der Waals surface area contributed by atoms with Crippen molar-refractivity contribution in [2.45, 2.75) is 19.4 Å². The summed E-state index contributed by atoms with van der Waals surface area (Å²) in [5.41, 5.74) is 2.28. The number of para-hydroxylation sites is 1. The minimum Gasteiger partial charge on any atom is -0.469 e. The molecule has 2 heterocycles. The average Bonchev–Trinajstić information content (AvgIpc) is 2.84. The summed E-state index contributed by atoms with van der Waals surface area (Å²) in [4.78, 5) is 13.9. The molecule has 112 valence electrons. The van der Waals surface area contributed by atoms with Gasteiger partial charge in [-0.15, -0.1) is 0 Å². The fraction of sp³-hybridized carbons (Fsp3) is 0.500. The summed E-state index contributed by atoms with van der Waals surface area (Å²) in [7, 11) is 3.45. The number of fused-ring (bicyclic) bond motifs is 1. The number of likely N-dealkylation sites (tertiary alicyclic amines) is 1. The molecule has 0 saturated carbocycles. The molecule has 0 amide bonds. The maximum Gasteiger partial charge on any atom is 0.308 e. The Bertz CT molecular complexity index is 642. The number of carbonyl (C=O) groups is 1. The number of hydrogen-bond donors (Lipinski definition) is 0. The first-order chi connectivity index (χ1) is 10.2. The Kier molecular flexibility index (Phi) is 3.92. The van der Waals surface area contributed by atoms with Crippen molar-refractivity contribution in [3.8, 4) is 0 Å². The van der Waals surface area contributed by atoms with Crippen LogP contribution in [0, 0.1) is 5.92 Å². The quantitative estimate of drug-likeness (QED) is 0.810. The van der Waals surface area contributed by atoms with Gasteiger partial charge in [0, 0.05) is 19.0 Å². The average molecular weight is 287 g/mol. The zero-order valence-corrected chi connectivity index (χ0v) is 12.6. The van der Waals surface area contributed by atoms with Gasteiger partial charge < -0.3 is 4.74 Å². The van der Waals surface area contributed by atoms with Gasteiger partial charge in [0.1, 0.15) is 0 Å². The molecule has 21 heavy (non-hydrogen) atoms. The molecule has 5 heteroatoms. The van der Waals surface area contributed by atoms with Crippen LogP contribution < -0.4 is 0 Å². The van der Waals surface area contributed by atoms with Crippen molar-refractivity contribution in [2.24, 2.45) is 13.0 Å². The number of aryl methyl sites for hydroxylation is 1. The third-order valence-corrected chi connectivity index (χ3v) is 4.33. The van der Waals surface area contributed by atoms with Crippen LogP contribution in [0.1, 0.15) is 18.5 Å². The van der Waals surface area contributed by atoms with Gasteiger partial charge in [0.05, 0.1) is 24.2 Å². The van der Waals surface area contributed by atoms with E-state index in [4.69, 9.17) is 4.74 Å². The predicted octanol–water partition coefficient (Wildman–Crippen LogP) is 1.96. The zero-order chi connectivity index (χ0) is 14.8. The van der Waals surface area contributed by atoms with Gasteiger partial charge in [-0.2, -0.15) is 5.10 Å². The molecule has 0 atom stereocenters. The Morgan fingerprint density at radius 3 is 2.76 bits per heavy atom. The highest BCUT2D eigenvalue weighted by Gasteiger charge is 2.26. The highest BCUT2D eigenvalue weighted by atomic mass is 16.5. The summed E-state index contributed by atoms with van der Waals surface area (Å²) in [6.45, 7) is 2.69. The normalized spacial score (nSPS) is 17.2. The summed E-state index contributed by atoms with van der Waals surface area (Å²) >= 11 is 0. The maximum absolute atomic E-state index is 11.6. The second-order valence-electron chi connectivity index (χ2n) is 5.66. The lowest BCUT2D eigenvalue weighted by Crippen LogP contribution is -2.36. The number of benzene rings is 1. The predicted molar refractivity (Wildman–Crippen MR) is 80.7 cm³/mol. The summed E-state index contributed by atoms with van der Waals surface area (Å²) in [5, 5.41) is 5.86. The number of rotatable bonds is 3. The number of nitrogens with zero attached hydrogens (tertiary/aromatic N) is 3. The molecule has 0 spiro atoms. The van der Waals surface area contributed by atoms with Gasteiger partial charge in [0.25, 0.3) is 0 Å². The first kappa shape index (κ1) is 14.1. The molecule has 0 bridgehead atoms. The SMILES string of the molecule is COC(=O)C1CCN(Cc2nn(C)c3ccccc23)CC1. The first-order valence-electron chi connectivity index (χ1n) is 7.40. The molecule has 5 nitrogen and oxygen atoms in total. The maximum atomic E-state index is 11.6. The van der Waals surface area contributed by atoms with E-state index in [1.165, 1.54) is 12.5 Å². The molecule has 2 aromatic rings. The molecule has 1 aliphatic rings. The number of methoxy groups -OCH3 is 1. The van der Waals surface area contributed by atoms with Gasteiger partial charge in [0.2, 0.25) is 0 Å². The van der Waals surface area contributed by atoms with E-state index in [1.807, 2.05) is 17.8 Å². The van der Waals surface area contributed by atoms with E-state index >= 15 is 0 Å². The second kappa shape index (κ2) is 5.85. The lowest BCUT2D eigenvalue weighted by atomic mass is 9.97. The third-order valence-electron chi connectivity index (χ3n) is 4.33. The Balaban J connectivity index is 1.69. The van der Waals surface area contributed by atoms with Crippen LogP contribution in [-0.4, -0.2) is 40.8 Å². The van der Waals surface area contributed by atoms with E-state index in [2.05, 4.69) is 28.2 Å². The molecule has 0 N–H and O–H groups in total. The van der Waals surface area contributed by atoms with Crippen molar-refractivity contribution < 1.29 is 9.53 Å². The number of ether oxygens (including phenoxy) is 1. The number of carbonyl (C=O) groups excluding carboxylic acids is 1. The van der Waals surface area contributed by atoms with E-state index in [0.29, 0.717) is 0 Å². The number of aromatic nitrogens is 2. The number of esters is 1. The molecule has 1 aliphatic heterocycles. The van der Waals surface area contributed by atoms with Crippen LogP contribution in [0.2, 0.25) is 0 Å². The zero-order valence-electron chi connectivity index (χ0n) is 12.6. The van der Waals surface area contributed by atoms with Crippen molar-refractivity contribution in [3.63, 3.8) is 0 Å². The molecule has 1 fully saturated rings. The Labute approximate surface area is 124 Å². The van der Waals surface area contributed by atoms with Crippen LogP contribution in [0.4, 0.5) is 0 Å². The second-order valence-corrected chi connectivity index (χ2v) is 5.66. The van der Waals surface area contributed by atoms with E-state index in [9.17, 15) is 4.79 Å². The molecule has 1 saturated heterocycles. The fourth-order valence-corrected chi connectivity index (χ4v) is 3.11. The molecule has 0 unspecified atom stereocenters. The van der Waals surface area contributed by atoms with Gasteiger partial charge in [-0.3, -0.25) is 14.4 Å². The van der Waals surface area contributed by atoms with Crippen LogP contribution in [0.25, 0.3) is 10.9 Å². The summed E-state index contributed by atoms with van der Waals surface area (Å²) < 4.78 is 6.77. The van der Waals surface area contributed by atoms with Crippen molar-refractivity contribution in [3.05, 3.63) is 30.0 Å².